The minimum atomic E-state index is -3.06. The van der Waals surface area contributed by atoms with E-state index in [0.29, 0.717) is 0 Å². The van der Waals surface area contributed by atoms with Crippen molar-refractivity contribution in [3.8, 4) is 5.88 Å². The van der Waals surface area contributed by atoms with Gasteiger partial charge in [-0.3, -0.25) is 0 Å². The Morgan fingerprint density at radius 2 is 1.83 bits per heavy atom. The molecule has 0 saturated carbocycles. The third kappa shape index (κ3) is 2.57. The maximum atomic E-state index is 14.7. The van der Waals surface area contributed by atoms with Crippen LogP contribution in [0.5, 0.6) is 5.88 Å². The molecule has 5 nitrogen and oxygen atoms in total. The lowest BCUT2D eigenvalue weighted by Crippen LogP contribution is -2.41. The minimum Gasteiger partial charge on any atom is -0.417 e. The van der Waals surface area contributed by atoms with Crippen LogP contribution >= 0.6 is 0 Å². The molecule has 9 heteroatoms. The van der Waals surface area contributed by atoms with Gasteiger partial charge in [0.25, 0.3) is 0 Å². The van der Waals surface area contributed by atoms with Crippen LogP contribution in [0.4, 0.5) is 13.2 Å². The van der Waals surface area contributed by atoms with E-state index in [0.717, 1.165) is 10.6 Å². The number of hydrogen-bond donors (Lipinski definition) is 0. The summed E-state index contributed by atoms with van der Waals surface area (Å²) >= 11 is 0. The molecule has 2 aromatic heterocycles. The van der Waals surface area contributed by atoms with Crippen molar-refractivity contribution in [1.29, 1.82) is 0 Å². The van der Waals surface area contributed by atoms with Crippen LogP contribution in [0.15, 0.2) is 18.3 Å². The Labute approximate surface area is 131 Å². The summed E-state index contributed by atoms with van der Waals surface area (Å²) in [6.45, 7) is 4.22. The summed E-state index contributed by atoms with van der Waals surface area (Å²) in [5.41, 5.74) is -1.36. The fourth-order valence-corrected chi connectivity index (χ4v) is 2.37. The Hall–Kier alpha value is -1.74. The van der Waals surface area contributed by atoms with Crippen LogP contribution in [0.2, 0.25) is 0 Å². The van der Waals surface area contributed by atoms with Crippen molar-refractivity contribution < 1.29 is 27.2 Å². The Morgan fingerprint density at radius 3 is 2.39 bits per heavy atom. The van der Waals surface area contributed by atoms with Crippen LogP contribution < -0.4 is 10.2 Å². The van der Waals surface area contributed by atoms with E-state index in [1.54, 1.807) is 0 Å². The highest BCUT2D eigenvalue weighted by atomic mass is 19.3. The van der Waals surface area contributed by atoms with Gasteiger partial charge in [-0.1, -0.05) is 0 Å². The summed E-state index contributed by atoms with van der Waals surface area (Å²) in [6, 6.07) is 2.49. The zero-order chi connectivity index (χ0) is 17.0. The molecule has 0 aromatic carbocycles. The van der Waals surface area contributed by atoms with Gasteiger partial charge in [0.15, 0.2) is 0 Å². The van der Waals surface area contributed by atoms with E-state index in [1.807, 2.05) is 27.7 Å². The first-order valence-electron chi connectivity index (χ1n) is 7.09. The molecule has 1 aliphatic rings. The molecule has 0 aliphatic carbocycles. The Balaban J connectivity index is 2.10. The molecule has 0 unspecified atom stereocenters. The standard InChI is InChI=1S/C14H16BF3N2O3/c1-13(2)14(3,4)23-15(22-13)8-7-10(21-12(17)18)20-9(11(8)16)5-6-19-20/h5-7,12H,1-4H3. The van der Waals surface area contributed by atoms with E-state index in [9.17, 15) is 13.2 Å². The van der Waals surface area contributed by atoms with Crippen LogP contribution in [-0.4, -0.2) is 34.5 Å². The molecule has 0 N–H and O–H groups in total. The first-order chi connectivity index (χ1) is 10.6. The Bertz CT molecular complexity index is 732. The van der Waals surface area contributed by atoms with Gasteiger partial charge in [-0.25, -0.2) is 4.39 Å². The first kappa shape index (κ1) is 16.1. The van der Waals surface area contributed by atoms with Gasteiger partial charge < -0.3 is 14.0 Å². The Morgan fingerprint density at radius 1 is 1.22 bits per heavy atom. The number of halogens is 3. The van der Waals surface area contributed by atoms with E-state index >= 15 is 0 Å². The molecule has 0 amide bonds. The van der Waals surface area contributed by atoms with Crippen LogP contribution in [0.25, 0.3) is 5.52 Å². The van der Waals surface area contributed by atoms with Gasteiger partial charge in [-0.2, -0.15) is 18.4 Å². The summed E-state index contributed by atoms with van der Waals surface area (Å²) in [5, 5.41) is 3.79. The average Bonchev–Trinajstić information content (AvgIpc) is 2.96. The highest BCUT2D eigenvalue weighted by Gasteiger charge is 2.52. The van der Waals surface area contributed by atoms with E-state index < -0.39 is 30.7 Å². The maximum Gasteiger partial charge on any atom is 0.498 e. The van der Waals surface area contributed by atoms with E-state index in [4.69, 9.17) is 9.31 Å². The second-order valence-corrected chi connectivity index (χ2v) is 6.35. The zero-order valence-corrected chi connectivity index (χ0v) is 13.1. The lowest BCUT2D eigenvalue weighted by atomic mass is 9.79. The van der Waals surface area contributed by atoms with Crippen molar-refractivity contribution in [2.45, 2.75) is 45.5 Å². The lowest BCUT2D eigenvalue weighted by molar-refractivity contribution is -0.0542. The number of alkyl halides is 2. The van der Waals surface area contributed by atoms with Gasteiger partial charge >= 0.3 is 13.7 Å². The monoisotopic (exact) mass is 328 g/mol. The normalized spacial score (nSPS) is 19.7. The van der Waals surface area contributed by atoms with Crippen LogP contribution in [0.3, 0.4) is 0 Å². The van der Waals surface area contributed by atoms with Gasteiger partial charge in [-0.15, -0.1) is 0 Å². The molecule has 2 aromatic rings. The molecular formula is C14H16BF3N2O3. The van der Waals surface area contributed by atoms with Gasteiger partial charge in [0.2, 0.25) is 5.88 Å². The molecule has 23 heavy (non-hydrogen) atoms. The highest BCUT2D eigenvalue weighted by Crippen LogP contribution is 2.37. The molecular weight excluding hydrogens is 312 g/mol. The number of rotatable bonds is 3. The van der Waals surface area contributed by atoms with Crippen molar-refractivity contribution in [2.24, 2.45) is 0 Å². The van der Waals surface area contributed by atoms with Crippen LogP contribution in [-0.2, 0) is 9.31 Å². The predicted molar refractivity (Wildman–Crippen MR) is 77.5 cm³/mol. The van der Waals surface area contributed by atoms with E-state index in [-0.39, 0.29) is 16.9 Å². The van der Waals surface area contributed by atoms with Gasteiger partial charge in [-0.05, 0) is 33.8 Å². The second kappa shape index (κ2) is 5.14. The minimum absolute atomic E-state index is 0.00713. The van der Waals surface area contributed by atoms with Crippen LogP contribution in [0, 0.1) is 5.82 Å². The topological polar surface area (TPSA) is 45.0 Å². The Kier molecular flexibility index (Phi) is 3.60. The van der Waals surface area contributed by atoms with Crippen molar-refractivity contribution in [3.63, 3.8) is 0 Å². The van der Waals surface area contributed by atoms with Gasteiger partial charge in [0.05, 0.1) is 17.4 Å². The number of nitrogens with zero attached hydrogens (tertiary/aromatic N) is 2. The number of ether oxygens (including phenoxy) is 1. The summed E-state index contributed by atoms with van der Waals surface area (Å²) in [7, 11) is -1.03. The van der Waals surface area contributed by atoms with Crippen molar-refractivity contribution in [3.05, 3.63) is 24.1 Å². The molecule has 0 spiro atoms. The average molecular weight is 328 g/mol. The highest BCUT2D eigenvalue weighted by molar-refractivity contribution is 6.62. The SMILES string of the molecule is CC1(C)OB(c2cc(OC(F)F)n3nccc3c2F)OC1(C)C. The van der Waals surface area contributed by atoms with E-state index in [2.05, 4.69) is 9.84 Å². The fraction of sp³-hybridized carbons (Fsp3) is 0.500. The summed E-state index contributed by atoms with van der Waals surface area (Å²) in [5.74, 6) is -0.936. The van der Waals surface area contributed by atoms with Crippen molar-refractivity contribution >= 4 is 18.1 Å². The summed E-state index contributed by atoms with van der Waals surface area (Å²) in [4.78, 5) is 0. The molecule has 0 radical (unpaired) electrons. The smallest absolute Gasteiger partial charge is 0.417 e. The van der Waals surface area contributed by atoms with Crippen molar-refractivity contribution in [1.82, 2.24) is 9.61 Å². The van der Waals surface area contributed by atoms with Gasteiger partial charge in [0, 0.05) is 11.5 Å². The molecule has 1 saturated heterocycles. The number of fused-ring (bicyclic) bond motifs is 1. The molecule has 3 rings (SSSR count). The molecule has 1 fully saturated rings. The number of hydrogen-bond acceptors (Lipinski definition) is 4. The van der Waals surface area contributed by atoms with E-state index in [1.165, 1.54) is 12.3 Å². The molecule has 0 atom stereocenters. The molecule has 0 bridgehead atoms. The first-order valence-corrected chi connectivity index (χ1v) is 7.09. The molecule has 3 heterocycles. The van der Waals surface area contributed by atoms with Crippen LogP contribution in [0.1, 0.15) is 27.7 Å². The number of pyridine rings is 1. The van der Waals surface area contributed by atoms with Crippen molar-refractivity contribution in [2.75, 3.05) is 0 Å². The second-order valence-electron chi connectivity index (χ2n) is 6.35. The maximum absolute atomic E-state index is 14.7. The molecule has 1 aliphatic heterocycles. The summed E-state index contributed by atoms with van der Waals surface area (Å²) in [6.07, 6.45) is 1.30. The molecule has 124 valence electrons. The predicted octanol–water partition coefficient (Wildman–Crippen LogP) is 2.37. The largest absolute Gasteiger partial charge is 0.498 e. The third-order valence-corrected chi connectivity index (χ3v) is 4.33. The lowest BCUT2D eigenvalue weighted by Gasteiger charge is -2.32. The quantitative estimate of drug-likeness (QED) is 0.812. The number of aromatic nitrogens is 2. The zero-order valence-electron chi connectivity index (χ0n) is 13.1. The third-order valence-electron chi connectivity index (χ3n) is 4.33. The fourth-order valence-electron chi connectivity index (χ4n) is 2.37. The summed E-state index contributed by atoms with van der Waals surface area (Å²) < 4.78 is 56.9. The van der Waals surface area contributed by atoms with Gasteiger partial charge in [0.1, 0.15) is 11.3 Å².